The summed E-state index contributed by atoms with van der Waals surface area (Å²) in [6.07, 6.45) is 2.14. The van der Waals surface area contributed by atoms with Gasteiger partial charge in [-0.1, -0.05) is 24.3 Å². The number of rotatable bonds is 6. The maximum atomic E-state index is 13.3. The number of nitrogens with two attached hydrogens (primary N) is 1. The Bertz CT molecular complexity index is 655. The summed E-state index contributed by atoms with van der Waals surface area (Å²) in [5.41, 5.74) is 7.91. The van der Waals surface area contributed by atoms with Crippen molar-refractivity contribution in [2.24, 2.45) is 5.73 Å². The second kappa shape index (κ2) is 11.7. The average molecular weight is 433 g/mol. The molecule has 3 N–H and O–H groups in total. The predicted molar refractivity (Wildman–Crippen MR) is 113 cm³/mol. The van der Waals surface area contributed by atoms with Crippen LogP contribution in [0, 0.1) is 11.6 Å². The number of likely N-dealkylation sites (tertiary alicyclic amines) is 1. The molecule has 7 heteroatoms. The van der Waals surface area contributed by atoms with Crippen LogP contribution in [0.2, 0.25) is 0 Å². The summed E-state index contributed by atoms with van der Waals surface area (Å²) >= 11 is 0. The van der Waals surface area contributed by atoms with E-state index in [9.17, 15) is 13.9 Å². The zero-order valence-electron chi connectivity index (χ0n) is 15.6. The van der Waals surface area contributed by atoms with Gasteiger partial charge in [0, 0.05) is 18.5 Å². The van der Waals surface area contributed by atoms with Crippen molar-refractivity contribution in [3.8, 4) is 0 Å². The highest BCUT2D eigenvalue weighted by atomic mass is 35.5. The summed E-state index contributed by atoms with van der Waals surface area (Å²) in [5, 5.41) is 9.93. The summed E-state index contributed by atoms with van der Waals surface area (Å²) in [5.74, 6) is -0.427. The molecule has 1 heterocycles. The minimum atomic E-state index is -0.464. The standard InChI is InChI=1S/C21H26F2N2O.2ClH/c22-17-7-3-15(4-8-17)19(16-5-9-18(23)10-6-16)2-1-12-25-13-11-20(24)21(26)14-25;;/h3-10,19-21,26H,1-2,11-14,24H2;2*1H. The summed E-state index contributed by atoms with van der Waals surface area (Å²) in [6.45, 7) is 2.39. The summed E-state index contributed by atoms with van der Waals surface area (Å²) in [7, 11) is 0. The number of benzene rings is 2. The van der Waals surface area contributed by atoms with Crippen molar-refractivity contribution < 1.29 is 13.9 Å². The van der Waals surface area contributed by atoms with Gasteiger partial charge in [-0.05, 0) is 67.7 Å². The molecule has 1 saturated heterocycles. The first-order valence-electron chi connectivity index (χ1n) is 9.20. The molecule has 2 unspecified atom stereocenters. The monoisotopic (exact) mass is 432 g/mol. The summed E-state index contributed by atoms with van der Waals surface area (Å²) in [6, 6.07) is 12.9. The number of aliphatic hydroxyl groups excluding tert-OH is 1. The Morgan fingerprint density at radius 1 is 0.964 bits per heavy atom. The van der Waals surface area contributed by atoms with Crippen molar-refractivity contribution in [2.75, 3.05) is 19.6 Å². The minimum absolute atomic E-state index is 0. The van der Waals surface area contributed by atoms with Gasteiger partial charge in [-0.15, -0.1) is 24.8 Å². The number of halogens is 4. The number of hydrogen-bond donors (Lipinski definition) is 2. The maximum absolute atomic E-state index is 13.3. The van der Waals surface area contributed by atoms with E-state index in [2.05, 4.69) is 4.90 Å². The zero-order chi connectivity index (χ0) is 18.5. The average Bonchev–Trinajstić information content (AvgIpc) is 2.64. The summed E-state index contributed by atoms with van der Waals surface area (Å²) in [4.78, 5) is 2.24. The lowest BCUT2D eigenvalue weighted by Gasteiger charge is -2.34. The van der Waals surface area contributed by atoms with Crippen molar-refractivity contribution in [1.82, 2.24) is 4.90 Å². The first kappa shape index (κ1) is 24.8. The van der Waals surface area contributed by atoms with E-state index in [4.69, 9.17) is 5.73 Å². The molecule has 0 bridgehead atoms. The van der Waals surface area contributed by atoms with E-state index in [-0.39, 0.29) is 48.4 Å². The van der Waals surface area contributed by atoms with E-state index in [0.29, 0.717) is 6.54 Å². The molecule has 3 nitrogen and oxygen atoms in total. The number of hydrogen-bond acceptors (Lipinski definition) is 3. The predicted octanol–water partition coefficient (Wildman–Crippen LogP) is 4.11. The van der Waals surface area contributed by atoms with Crippen molar-refractivity contribution in [3.05, 3.63) is 71.3 Å². The van der Waals surface area contributed by atoms with Gasteiger partial charge in [0.2, 0.25) is 0 Å². The van der Waals surface area contributed by atoms with Gasteiger partial charge >= 0.3 is 0 Å². The highest BCUT2D eigenvalue weighted by Crippen LogP contribution is 2.30. The molecule has 1 fully saturated rings. The topological polar surface area (TPSA) is 49.5 Å². The molecule has 156 valence electrons. The van der Waals surface area contributed by atoms with Crippen LogP contribution in [0.25, 0.3) is 0 Å². The molecule has 3 rings (SSSR count). The van der Waals surface area contributed by atoms with E-state index in [1.165, 1.54) is 24.3 Å². The molecule has 0 radical (unpaired) electrons. The number of β-amino-alcohol motifs (C(OH)–C–C–N with tert-alkyl or cyclic N) is 1. The molecule has 2 atom stereocenters. The fourth-order valence-corrected chi connectivity index (χ4v) is 3.65. The van der Waals surface area contributed by atoms with E-state index in [1.807, 2.05) is 0 Å². The Kier molecular flexibility index (Phi) is 10.4. The molecule has 0 amide bonds. The minimum Gasteiger partial charge on any atom is -0.390 e. The van der Waals surface area contributed by atoms with Gasteiger partial charge in [-0.2, -0.15) is 0 Å². The fourth-order valence-electron chi connectivity index (χ4n) is 3.65. The van der Waals surface area contributed by atoms with Gasteiger partial charge in [0.05, 0.1) is 6.10 Å². The largest absolute Gasteiger partial charge is 0.390 e. The van der Waals surface area contributed by atoms with Crippen molar-refractivity contribution in [1.29, 1.82) is 0 Å². The first-order chi connectivity index (χ1) is 12.5. The lowest BCUT2D eigenvalue weighted by molar-refractivity contribution is 0.0527. The van der Waals surface area contributed by atoms with Gasteiger partial charge < -0.3 is 15.7 Å². The molecule has 0 aromatic heterocycles. The highest BCUT2D eigenvalue weighted by molar-refractivity contribution is 5.85. The van der Waals surface area contributed by atoms with Crippen LogP contribution in [-0.2, 0) is 0 Å². The molecule has 1 aliphatic rings. The summed E-state index contributed by atoms with van der Waals surface area (Å²) < 4.78 is 26.6. The van der Waals surface area contributed by atoms with Crippen molar-refractivity contribution in [2.45, 2.75) is 37.3 Å². The number of aliphatic hydroxyl groups is 1. The third kappa shape index (κ3) is 6.68. The smallest absolute Gasteiger partial charge is 0.123 e. The quantitative estimate of drug-likeness (QED) is 0.721. The molecule has 0 spiro atoms. The van der Waals surface area contributed by atoms with Crippen molar-refractivity contribution in [3.63, 3.8) is 0 Å². The van der Waals surface area contributed by atoms with E-state index in [1.54, 1.807) is 24.3 Å². The molecule has 28 heavy (non-hydrogen) atoms. The lowest BCUT2D eigenvalue weighted by atomic mass is 9.87. The molecule has 2 aromatic carbocycles. The Hall–Kier alpha value is -1.24. The van der Waals surface area contributed by atoms with E-state index >= 15 is 0 Å². The molecule has 0 aliphatic carbocycles. The van der Waals surface area contributed by atoms with E-state index in [0.717, 1.165) is 43.5 Å². The van der Waals surface area contributed by atoms with E-state index < -0.39 is 6.10 Å². The van der Waals surface area contributed by atoms with Gasteiger partial charge in [0.15, 0.2) is 0 Å². The van der Waals surface area contributed by atoms with Crippen molar-refractivity contribution >= 4 is 24.8 Å². The van der Waals surface area contributed by atoms with Gasteiger partial charge in [-0.3, -0.25) is 0 Å². The fraction of sp³-hybridized carbons (Fsp3) is 0.429. The maximum Gasteiger partial charge on any atom is 0.123 e. The first-order valence-corrected chi connectivity index (χ1v) is 9.20. The Morgan fingerprint density at radius 2 is 1.46 bits per heavy atom. The molecule has 2 aromatic rings. The van der Waals surface area contributed by atoms with Crippen LogP contribution in [0.15, 0.2) is 48.5 Å². The van der Waals surface area contributed by atoms with Crippen LogP contribution in [0.1, 0.15) is 36.3 Å². The third-order valence-corrected chi connectivity index (χ3v) is 5.23. The lowest BCUT2D eigenvalue weighted by Crippen LogP contribution is -2.50. The van der Waals surface area contributed by atoms with Crippen LogP contribution in [0.4, 0.5) is 8.78 Å². The SMILES string of the molecule is Cl.Cl.NC1CCN(CCCC(c2ccc(F)cc2)c2ccc(F)cc2)CC1O. The van der Waals surface area contributed by atoms with Crippen LogP contribution >= 0.6 is 24.8 Å². The third-order valence-electron chi connectivity index (χ3n) is 5.23. The normalized spacial score (nSPS) is 19.8. The van der Waals surface area contributed by atoms with Crippen LogP contribution in [0.3, 0.4) is 0 Å². The Balaban J connectivity index is 0.00000196. The second-order valence-electron chi connectivity index (χ2n) is 7.12. The zero-order valence-corrected chi connectivity index (χ0v) is 17.3. The Morgan fingerprint density at radius 3 is 1.93 bits per heavy atom. The van der Waals surface area contributed by atoms with Gasteiger partial charge in [0.1, 0.15) is 11.6 Å². The number of piperidine rings is 1. The highest BCUT2D eigenvalue weighted by Gasteiger charge is 2.24. The van der Waals surface area contributed by atoms with Crippen LogP contribution in [-0.4, -0.2) is 41.8 Å². The molecule has 1 aliphatic heterocycles. The molecular weight excluding hydrogens is 405 g/mol. The van der Waals surface area contributed by atoms with Gasteiger partial charge in [0.25, 0.3) is 0 Å². The molecule has 0 saturated carbocycles. The second-order valence-corrected chi connectivity index (χ2v) is 7.12. The van der Waals surface area contributed by atoms with Crippen LogP contribution in [0.5, 0.6) is 0 Å². The molecular formula is C21H28Cl2F2N2O. The van der Waals surface area contributed by atoms with Gasteiger partial charge in [-0.25, -0.2) is 8.78 Å². The van der Waals surface area contributed by atoms with Crippen LogP contribution < -0.4 is 5.73 Å². The number of nitrogens with zero attached hydrogens (tertiary/aromatic N) is 1. The Labute approximate surface area is 177 Å².